The quantitative estimate of drug-likeness (QED) is 0.711. The number of carbonyl (C=O) groups is 1. The Labute approximate surface area is 162 Å². The Bertz CT molecular complexity index is 881. The van der Waals surface area contributed by atoms with Crippen LogP contribution in [0.3, 0.4) is 0 Å². The van der Waals surface area contributed by atoms with Crippen LogP contribution in [0.25, 0.3) is 0 Å². The minimum atomic E-state index is -3.47. The molecule has 6 nitrogen and oxygen atoms in total. The molecule has 0 radical (unpaired) electrons. The molecule has 9 heteroatoms. The molecule has 2 aromatic rings. The SMILES string of the molecule is O=C(CSc1ccc(S(=O)(=O)N2CCCC2)cn1)NCc1ccc(F)cc1. The molecule has 1 aromatic heterocycles. The van der Waals surface area contributed by atoms with E-state index in [9.17, 15) is 17.6 Å². The summed E-state index contributed by atoms with van der Waals surface area (Å²) in [5, 5.41) is 3.33. The third-order valence-corrected chi connectivity index (χ3v) is 6.99. The van der Waals surface area contributed by atoms with E-state index in [1.165, 1.54) is 40.5 Å². The summed E-state index contributed by atoms with van der Waals surface area (Å²) in [6.45, 7) is 1.42. The monoisotopic (exact) mass is 409 g/mol. The van der Waals surface area contributed by atoms with Gasteiger partial charge in [0.1, 0.15) is 10.7 Å². The standard InChI is InChI=1S/C18H20FN3O3S2/c19-15-5-3-14(4-6-15)11-20-17(23)13-26-18-8-7-16(12-21-18)27(24,25)22-9-1-2-10-22/h3-8,12H,1-2,9-11,13H2,(H,20,23). The number of hydrogen-bond acceptors (Lipinski definition) is 5. The molecule has 0 saturated carbocycles. The molecule has 1 aromatic carbocycles. The highest BCUT2D eigenvalue weighted by molar-refractivity contribution is 7.99. The van der Waals surface area contributed by atoms with Gasteiger partial charge in [0, 0.05) is 25.8 Å². The van der Waals surface area contributed by atoms with Crippen LogP contribution >= 0.6 is 11.8 Å². The number of benzene rings is 1. The van der Waals surface area contributed by atoms with Gasteiger partial charge in [-0.05, 0) is 42.7 Å². The van der Waals surface area contributed by atoms with Gasteiger partial charge in [-0.1, -0.05) is 23.9 Å². The molecule has 0 aliphatic carbocycles. The first-order valence-electron chi connectivity index (χ1n) is 8.55. The number of carbonyl (C=O) groups excluding carboxylic acids is 1. The summed E-state index contributed by atoms with van der Waals surface area (Å²) in [4.78, 5) is 16.2. The number of nitrogens with one attached hydrogen (secondary N) is 1. The highest BCUT2D eigenvalue weighted by Gasteiger charge is 2.27. The number of nitrogens with zero attached hydrogens (tertiary/aromatic N) is 2. The predicted molar refractivity (Wildman–Crippen MR) is 101 cm³/mol. The van der Waals surface area contributed by atoms with Crippen LogP contribution in [-0.2, 0) is 21.4 Å². The average molecular weight is 410 g/mol. The van der Waals surface area contributed by atoms with Crippen molar-refractivity contribution in [3.8, 4) is 0 Å². The number of halogens is 1. The molecule has 1 saturated heterocycles. The minimum absolute atomic E-state index is 0.159. The Hall–Kier alpha value is -1.97. The maximum absolute atomic E-state index is 12.8. The number of amides is 1. The average Bonchev–Trinajstić information content (AvgIpc) is 3.22. The topological polar surface area (TPSA) is 79.4 Å². The lowest BCUT2D eigenvalue weighted by molar-refractivity contribution is -0.118. The molecule has 1 N–H and O–H groups in total. The van der Waals surface area contributed by atoms with E-state index in [0.717, 1.165) is 18.4 Å². The summed E-state index contributed by atoms with van der Waals surface area (Å²) in [5.74, 6) is -0.339. The van der Waals surface area contributed by atoms with E-state index in [1.807, 2.05) is 0 Å². The highest BCUT2D eigenvalue weighted by Crippen LogP contribution is 2.22. The normalized spacial score (nSPS) is 15.0. The van der Waals surface area contributed by atoms with E-state index in [2.05, 4.69) is 10.3 Å². The third-order valence-electron chi connectivity index (χ3n) is 4.17. The van der Waals surface area contributed by atoms with Crippen molar-refractivity contribution in [1.29, 1.82) is 0 Å². The van der Waals surface area contributed by atoms with Gasteiger partial charge in [-0.15, -0.1) is 0 Å². The third kappa shape index (κ3) is 5.27. The van der Waals surface area contributed by atoms with E-state index in [1.54, 1.807) is 18.2 Å². The Balaban J connectivity index is 1.49. The van der Waals surface area contributed by atoms with E-state index in [-0.39, 0.29) is 22.4 Å². The second-order valence-corrected chi connectivity index (χ2v) is 9.07. The number of rotatable bonds is 7. The minimum Gasteiger partial charge on any atom is -0.351 e. The first-order chi connectivity index (χ1) is 12.9. The van der Waals surface area contributed by atoms with E-state index in [4.69, 9.17) is 0 Å². The lowest BCUT2D eigenvalue weighted by Crippen LogP contribution is -2.27. The van der Waals surface area contributed by atoms with Crippen molar-refractivity contribution in [3.05, 3.63) is 54.0 Å². The molecule has 27 heavy (non-hydrogen) atoms. The van der Waals surface area contributed by atoms with Crippen LogP contribution in [0.1, 0.15) is 18.4 Å². The molecule has 1 fully saturated rings. The Kier molecular flexibility index (Phi) is 6.46. The van der Waals surface area contributed by atoms with Crippen molar-refractivity contribution in [2.24, 2.45) is 0 Å². The Morgan fingerprint density at radius 3 is 2.48 bits per heavy atom. The van der Waals surface area contributed by atoms with E-state index >= 15 is 0 Å². The zero-order chi connectivity index (χ0) is 19.3. The number of thioether (sulfide) groups is 1. The fourth-order valence-corrected chi connectivity index (χ4v) is 4.81. The van der Waals surface area contributed by atoms with Gasteiger partial charge in [0.05, 0.1) is 10.8 Å². The van der Waals surface area contributed by atoms with Gasteiger partial charge in [0.25, 0.3) is 0 Å². The molecular weight excluding hydrogens is 389 g/mol. The lowest BCUT2D eigenvalue weighted by Gasteiger charge is -2.15. The summed E-state index contributed by atoms with van der Waals surface area (Å²) in [6, 6.07) is 9.06. The molecule has 1 aliphatic heterocycles. The van der Waals surface area contributed by atoms with Gasteiger partial charge in [-0.3, -0.25) is 4.79 Å². The first-order valence-corrected chi connectivity index (χ1v) is 11.0. The van der Waals surface area contributed by atoms with Crippen LogP contribution in [0.2, 0.25) is 0 Å². The second-order valence-electron chi connectivity index (χ2n) is 6.14. The fraction of sp³-hybridized carbons (Fsp3) is 0.333. The largest absolute Gasteiger partial charge is 0.351 e. The van der Waals surface area contributed by atoms with Crippen molar-refractivity contribution >= 4 is 27.7 Å². The fourth-order valence-electron chi connectivity index (χ4n) is 2.68. The van der Waals surface area contributed by atoms with Crippen LogP contribution < -0.4 is 5.32 Å². The smallest absolute Gasteiger partial charge is 0.244 e. The maximum Gasteiger partial charge on any atom is 0.244 e. The molecule has 2 heterocycles. The summed E-state index contributed by atoms with van der Waals surface area (Å²) in [7, 11) is -3.47. The van der Waals surface area contributed by atoms with Crippen LogP contribution in [0.15, 0.2) is 52.5 Å². The number of aromatic nitrogens is 1. The Morgan fingerprint density at radius 1 is 1.15 bits per heavy atom. The zero-order valence-electron chi connectivity index (χ0n) is 14.6. The van der Waals surface area contributed by atoms with Gasteiger partial charge >= 0.3 is 0 Å². The van der Waals surface area contributed by atoms with Gasteiger partial charge in [0.15, 0.2) is 0 Å². The number of hydrogen-bond donors (Lipinski definition) is 1. The molecule has 144 valence electrons. The lowest BCUT2D eigenvalue weighted by atomic mass is 10.2. The molecule has 0 atom stereocenters. The zero-order valence-corrected chi connectivity index (χ0v) is 16.2. The van der Waals surface area contributed by atoms with Crippen LogP contribution in [0, 0.1) is 5.82 Å². The van der Waals surface area contributed by atoms with Gasteiger partial charge in [-0.25, -0.2) is 17.8 Å². The molecule has 0 bridgehead atoms. The molecule has 1 amide bonds. The number of pyridine rings is 1. The van der Waals surface area contributed by atoms with Crippen molar-refractivity contribution in [1.82, 2.24) is 14.6 Å². The molecular formula is C18H20FN3O3S2. The first kappa shape index (κ1) is 19.8. The van der Waals surface area contributed by atoms with Crippen molar-refractivity contribution in [3.63, 3.8) is 0 Å². The van der Waals surface area contributed by atoms with Crippen molar-refractivity contribution in [2.45, 2.75) is 29.3 Å². The second kappa shape index (κ2) is 8.81. The van der Waals surface area contributed by atoms with Gasteiger partial charge < -0.3 is 5.32 Å². The van der Waals surface area contributed by atoms with Crippen molar-refractivity contribution in [2.75, 3.05) is 18.8 Å². The molecule has 1 aliphatic rings. The summed E-state index contributed by atoms with van der Waals surface area (Å²) >= 11 is 1.23. The Morgan fingerprint density at radius 2 is 1.85 bits per heavy atom. The van der Waals surface area contributed by atoms with Crippen LogP contribution in [0.5, 0.6) is 0 Å². The summed E-state index contributed by atoms with van der Waals surface area (Å²) in [6.07, 6.45) is 3.10. The van der Waals surface area contributed by atoms with Crippen LogP contribution in [0.4, 0.5) is 4.39 Å². The van der Waals surface area contributed by atoms with Gasteiger partial charge in [-0.2, -0.15) is 4.31 Å². The van der Waals surface area contributed by atoms with Crippen molar-refractivity contribution < 1.29 is 17.6 Å². The highest BCUT2D eigenvalue weighted by atomic mass is 32.2. The summed E-state index contributed by atoms with van der Waals surface area (Å²) < 4.78 is 39.2. The molecule has 0 unspecified atom stereocenters. The van der Waals surface area contributed by atoms with Gasteiger partial charge in [0.2, 0.25) is 15.9 Å². The summed E-state index contributed by atoms with van der Waals surface area (Å²) in [5.41, 5.74) is 0.810. The van der Waals surface area contributed by atoms with E-state index < -0.39 is 10.0 Å². The number of sulfonamides is 1. The van der Waals surface area contributed by atoms with E-state index in [0.29, 0.717) is 24.7 Å². The van der Waals surface area contributed by atoms with Crippen LogP contribution in [-0.4, -0.2) is 42.5 Å². The maximum atomic E-state index is 12.8. The molecule has 3 rings (SSSR count). The predicted octanol–water partition coefficient (Wildman–Crippen LogP) is 2.41. The molecule has 0 spiro atoms.